The van der Waals surface area contributed by atoms with E-state index < -0.39 is 0 Å². The van der Waals surface area contributed by atoms with Crippen LogP contribution in [-0.2, 0) is 0 Å². The summed E-state index contributed by atoms with van der Waals surface area (Å²) in [5, 5.41) is 4.55. The van der Waals surface area contributed by atoms with Gasteiger partial charge >= 0.3 is 0 Å². The molecular weight excluding hydrogens is 284 g/mol. The van der Waals surface area contributed by atoms with Crippen LogP contribution in [-0.4, -0.2) is 11.0 Å². The third kappa shape index (κ3) is 2.09. The van der Waals surface area contributed by atoms with Gasteiger partial charge in [-0.1, -0.05) is 27.3 Å². The highest BCUT2D eigenvalue weighted by atomic mass is 79.9. The Morgan fingerprint density at radius 3 is 3.06 bits per heavy atom. The minimum atomic E-state index is 0.559. The van der Waals surface area contributed by atoms with E-state index in [4.69, 9.17) is 0 Å². The summed E-state index contributed by atoms with van der Waals surface area (Å²) in [5.41, 5.74) is 1.07. The van der Waals surface area contributed by atoms with Crippen LogP contribution in [0.3, 0.4) is 0 Å². The highest BCUT2D eigenvalue weighted by molar-refractivity contribution is 9.10. The number of hydrogen-bond donors (Lipinski definition) is 1. The van der Waals surface area contributed by atoms with E-state index in [-0.39, 0.29) is 0 Å². The van der Waals surface area contributed by atoms with Crippen molar-refractivity contribution < 1.29 is 0 Å². The number of hydrogen-bond acceptors (Lipinski definition) is 3. The number of nitrogens with one attached hydrogen (secondary N) is 1. The minimum Gasteiger partial charge on any atom is -0.359 e. The second kappa shape index (κ2) is 4.00. The molecule has 0 amide bonds. The van der Waals surface area contributed by atoms with Gasteiger partial charge in [0.15, 0.2) is 5.13 Å². The lowest BCUT2D eigenvalue weighted by atomic mass is 10.2. The lowest BCUT2D eigenvalue weighted by molar-refractivity contribution is 0.693. The number of rotatable bonds is 3. The molecule has 1 atom stereocenters. The smallest absolute Gasteiger partial charge is 0.184 e. The number of aromatic nitrogens is 1. The Morgan fingerprint density at radius 2 is 2.31 bits per heavy atom. The zero-order valence-electron chi connectivity index (χ0n) is 9.03. The number of anilines is 1. The Labute approximate surface area is 107 Å². The summed E-state index contributed by atoms with van der Waals surface area (Å²) < 4.78 is 2.33. The second-order valence-electron chi connectivity index (χ2n) is 4.40. The SMILES string of the molecule is CC(Nc1nc2cc(Br)ccc2s1)C1CC1. The molecule has 3 rings (SSSR count). The Morgan fingerprint density at radius 1 is 1.50 bits per heavy atom. The molecule has 0 spiro atoms. The Kier molecular flexibility index (Phi) is 2.64. The quantitative estimate of drug-likeness (QED) is 0.915. The maximum absolute atomic E-state index is 4.60. The van der Waals surface area contributed by atoms with Crippen LogP contribution in [0.4, 0.5) is 5.13 Å². The molecule has 84 valence electrons. The monoisotopic (exact) mass is 296 g/mol. The van der Waals surface area contributed by atoms with Gasteiger partial charge in [-0.25, -0.2) is 4.98 Å². The summed E-state index contributed by atoms with van der Waals surface area (Å²) in [6.45, 7) is 2.25. The first-order valence-electron chi connectivity index (χ1n) is 5.55. The van der Waals surface area contributed by atoms with E-state index in [1.165, 1.54) is 17.5 Å². The highest BCUT2D eigenvalue weighted by Gasteiger charge is 2.28. The van der Waals surface area contributed by atoms with Crippen molar-refractivity contribution in [3.05, 3.63) is 22.7 Å². The molecule has 1 unspecified atom stereocenters. The van der Waals surface area contributed by atoms with Gasteiger partial charge in [0.25, 0.3) is 0 Å². The Hall–Kier alpha value is -0.610. The summed E-state index contributed by atoms with van der Waals surface area (Å²) in [7, 11) is 0. The van der Waals surface area contributed by atoms with Crippen LogP contribution in [0.5, 0.6) is 0 Å². The lowest BCUT2D eigenvalue weighted by Crippen LogP contribution is -2.16. The number of benzene rings is 1. The molecule has 1 N–H and O–H groups in total. The summed E-state index contributed by atoms with van der Waals surface area (Å²) in [6, 6.07) is 6.81. The maximum atomic E-state index is 4.60. The van der Waals surface area contributed by atoms with Crippen LogP contribution in [0.2, 0.25) is 0 Å². The maximum Gasteiger partial charge on any atom is 0.184 e. The molecule has 0 bridgehead atoms. The molecule has 1 aromatic heterocycles. The van der Waals surface area contributed by atoms with Gasteiger partial charge in [0.2, 0.25) is 0 Å². The Balaban J connectivity index is 1.86. The summed E-state index contributed by atoms with van der Waals surface area (Å²) in [5.74, 6) is 0.860. The number of fused-ring (bicyclic) bond motifs is 1. The molecule has 1 saturated carbocycles. The van der Waals surface area contributed by atoms with Crippen LogP contribution < -0.4 is 5.32 Å². The fourth-order valence-corrected chi connectivity index (χ4v) is 3.16. The van der Waals surface area contributed by atoms with E-state index in [1.54, 1.807) is 11.3 Å². The van der Waals surface area contributed by atoms with E-state index >= 15 is 0 Å². The van der Waals surface area contributed by atoms with Crippen LogP contribution in [0, 0.1) is 5.92 Å². The van der Waals surface area contributed by atoms with Gasteiger partial charge in [0.05, 0.1) is 10.2 Å². The predicted molar refractivity (Wildman–Crippen MR) is 73.1 cm³/mol. The second-order valence-corrected chi connectivity index (χ2v) is 6.35. The average molecular weight is 297 g/mol. The fourth-order valence-electron chi connectivity index (χ4n) is 1.87. The largest absolute Gasteiger partial charge is 0.359 e. The summed E-state index contributed by atoms with van der Waals surface area (Å²) in [4.78, 5) is 4.60. The standard InChI is InChI=1S/C12H13BrN2S/c1-7(8-2-3-8)14-12-15-10-6-9(13)4-5-11(10)16-12/h4-8H,2-3H2,1H3,(H,14,15). The number of thiazole rings is 1. The van der Waals surface area contributed by atoms with E-state index in [0.29, 0.717) is 6.04 Å². The molecule has 2 aromatic rings. The molecule has 2 nitrogen and oxygen atoms in total. The average Bonchev–Trinajstić information content (AvgIpc) is 3.00. The topological polar surface area (TPSA) is 24.9 Å². The van der Waals surface area contributed by atoms with E-state index in [0.717, 1.165) is 21.0 Å². The summed E-state index contributed by atoms with van der Waals surface area (Å²) >= 11 is 5.21. The molecule has 1 fully saturated rings. The van der Waals surface area contributed by atoms with E-state index in [9.17, 15) is 0 Å². The molecule has 16 heavy (non-hydrogen) atoms. The zero-order chi connectivity index (χ0) is 11.1. The van der Waals surface area contributed by atoms with Crippen molar-refractivity contribution in [2.45, 2.75) is 25.8 Å². The first-order valence-corrected chi connectivity index (χ1v) is 7.16. The van der Waals surface area contributed by atoms with Crippen LogP contribution >= 0.6 is 27.3 Å². The predicted octanol–water partition coefficient (Wildman–Crippen LogP) is 4.27. The van der Waals surface area contributed by atoms with Crippen molar-refractivity contribution in [3.63, 3.8) is 0 Å². The molecule has 0 aliphatic heterocycles. The van der Waals surface area contributed by atoms with Gasteiger partial charge in [-0.3, -0.25) is 0 Å². The van der Waals surface area contributed by atoms with Gasteiger partial charge in [-0.05, 0) is 43.9 Å². The van der Waals surface area contributed by atoms with Crippen molar-refractivity contribution in [3.8, 4) is 0 Å². The van der Waals surface area contributed by atoms with Crippen LogP contribution in [0.1, 0.15) is 19.8 Å². The first kappa shape index (κ1) is 10.5. The normalized spacial score (nSPS) is 17.6. The van der Waals surface area contributed by atoms with Crippen molar-refractivity contribution in [1.82, 2.24) is 4.98 Å². The van der Waals surface area contributed by atoms with Crippen molar-refractivity contribution in [2.24, 2.45) is 5.92 Å². The molecule has 1 aliphatic rings. The Bertz CT molecular complexity index is 519. The zero-order valence-corrected chi connectivity index (χ0v) is 11.4. The van der Waals surface area contributed by atoms with Gasteiger partial charge in [-0.15, -0.1) is 0 Å². The van der Waals surface area contributed by atoms with Crippen LogP contribution in [0.15, 0.2) is 22.7 Å². The van der Waals surface area contributed by atoms with Crippen molar-refractivity contribution in [1.29, 1.82) is 0 Å². The van der Waals surface area contributed by atoms with Gasteiger partial charge < -0.3 is 5.32 Å². The number of nitrogens with zero attached hydrogens (tertiary/aromatic N) is 1. The molecular formula is C12H13BrN2S. The lowest BCUT2D eigenvalue weighted by Gasteiger charge is -2.10. The summed E-state index contributed by atoms with van der Waals surface area (Å²) in [6.07, 6.45) is 2.73. The molecule has 1 aliphatic carbocycles. The molecule has 1 heterocycles. The van der Waals surface area contributed by atoms with E-state index in [1.807, 2.05) is 0 Å². The van der Waals surface area contributed by atoms with Gasteiger partial charge in [-0.2, -0.15) is 0 Å². The number of halogens is 1. The van der Waals surface area contributed by atoms with Gasteiger partial charge in [0, 0.05) is 10.5 Å². The first-order chi connectivity index (χ1) is 7.72. The third-order valence-corrected chi connectivity index (χ3v) is 4.49. The minimum absolute atomic E-state index is 0.559. The van der Waals surface area contributed by atoms with Crippen molar-refractivity contribution >= 4 is 42.6 Å². The molecule has 0 radical (unpaired) electrons. The van der Waals surface area contributed by atoms with Crippen molar-refractivity contribution in [2.75, 3.05) is 5.32 Å². The highest BCUT2D eigenvalue weighted by Crippen LogP contribution is 2.35. The molecule has 0 saturated heterocycles. The third-order valence-electron chi connectivity index (χ3n) is 3.03. The van der Waals surface area contributed by atoms with Gasteiger partial charge in [0.1, 0.15) is 0 Å². The molecule has 4 heteroatoms. The van der Waals surface area contributed by atoms with Crippen LogP contribution in [0.25, 0.3) is 10.2 Å². The fraction of sp³-hybridized carbons (Fsp3) is 0.417. The van der Waals surface area contributed by atoms with E-state index in [2.05, 4.69) is 51.4 Å². The molecule has 1 aromatic carbocycles.